The van der Waals surface area contributed by atoms with Crippen molar-refractivity contribution in [2.75, 3.05) is 0 Å². The Hall–Kier alpha value is -1.96. The highest BCUT2D eigenvalue weighted by Crippen LogP contribution is 2.39. The molecule has 4 aromatic rings. The van der Waals surface area contributed by atoms with Gasteiger partial charge in [0.2, 0.25) is 0 Å². The summed E-state index contributed by atoms with van der Waals surface area (Å²) in [6, 6.07) is 7.81. The van der Waals surface area contributed by atoms with Gasteiger partial charge in [-0.15, -0.1) is 21.5 Å². The van der Waals surface area contributed by atoms with Crippen LogP contribution in [0.3, 0.4) is 0 Å². The van der Waals surface area contributed by atoms with Crippen molar-refractivity contribution in [2.24, 2.45) is 7.05 Å². The summed E-state index contributed by atoms with van der Waals surface area (Å²) in [6.07, 6.45) is 1.59. The molecule has 1 aromatic carbocycles. The van der Waals surface area contributed by atoms with Crippen molar-refractivity contribution >= 4 is 44.9 Å². The second-order valence-corrected chi connectivity index (χ2v) is 7.46. The third kappa shape index (κ3) is 2.68. The number of hydrogen-bond donors (Lipinski definition) is 0. The zero-order valence-corrected chi connectivity index (χ0v) is 15.3. The average molecular weight is 374 g/mol. The van der Waals surface area contributed by atoms with Crippen molar-refractivity contribution in [3.63, 3.8) is 0 Å². The van der Waals surface area contributed by atoms with Crippen LogP contribution in [0, 0.1) is 6.92 Å². The van der Waals surface area contributed by atoms with E-state index >= 15 is 0 Å². The summed E-state index contributed by atoms with van der Waals surface area (Å²) >= 11 is 9.11. The van der Waals surface area contributed by atoms with Crippen molar-refractivity contribution in [1.29, 1.82) is 0 Å². The van der Waals surface area contributed by atoms with Gasteiger partial charge in [0, 0.05) is 23.0 Å². The molecule has 0 aliphatic rings. The molecule has 0 radical (unpaired) electrons. The van der Waals surface area contributed by atoms with Crippen molar-refractivity contribution < 1.29 is 0 Å². The summed E-state index contributed by atoms with van der Waals surface area (Å²) in [5.74, 6) is 0.867. The SMILES string of the molecule is Cc1nnc(Sc2ncnc3scc(-c4ccc(Cl)cc4)c23)n1C. The molecule has 3 heterocycles. The maximum atomic E-state index is 6.01. The minimum absolute atomic E-state index is 0.721. The molecule has 24 heavy (non-hydrogen) atoms. The summed E-state index contributed by atoms with van der Waals surface area (Å²) < 4.78 is 1.95. The molecule has 4 rings (SSSR count). The summed E-state index contributed by atoms with van der Waals surface area (Å²) in [6.45, 7) is 1.93. The van der Waals surface area contributed by atoms with Gasteiger partial charge < -0.3 is 4.57 Å². The summed E-state index contributed by atoms with van der Waals surface area (Å²) in [7, 11) is 1.95. The first-order valence-corrected chi connectivity index (χ1v) is 9.23. The Morgan fingerprint density at radius 2 is 1.92 bits per heavy atom. The summed E-state index contributed by atoms with van der Waals surface area (Å²) in [5.41, 5.74) is 2.20. The van der Waals surface area contributed by atoms with E-state index in [1.54, 1.807) is 17.7 Å². The van der Waals surface area contributed by atoms with Crippen LogP contribution in [0.4, 0.5) is 0 Å². The van der Waals surface area contributed by atoms with E-state index < -0.39 is 0 Å². The number of fused-ring (bicyclic) bond motifs is 1. The third-order valence-corrected chi connectivity index (χ3v) is 5.91. The second-order valence-electron chi connectivity index (χ2n) is 5.21. The van der Waals surface area contributed by atoms with Crippen molar-refractivity contribution in [1.82, 2.24) is 24.7 Å². The van der Waals surface area contributed by atoms with E-state index in [0.717, 1.165) is 42.4 Å². The van der Waals surface area contributed by atoms with Gasteiger partial charge >= 0.3 is 0 Å². The molecule has 120 valence electrons. The van der Waals surface area contributed by atoms with Crippen molar-refractivity contribution in [2.45, 2.75) is 17.1 Å². The van der Waals surface area contributed by atoms with Gasteiger partial charge in [0.25, 0.3) is 0 Å². The standard InChI is InChI=1S/C16H12ClN5S2/c1-9-20-21-16(22(9)2)24-15-13-12(7-23-14(13)18-8-19-15)10-3-5-11(17)6-4-10/h3-8H,1-2H3. The number of benzene rings is 1. The van der Waals surface area contributed by atoms with Crippen LogP contribution in [0.5, 0.6) is 0 Å². The number of thiophene rings is 1. The van der Waals surface area contributed by atoms with Crippen LogP contribution in [-0.2, 0) is 7.05 Å². The van der Waals surface area contributed by atoms with E-state index in [0.29, 0.717) is 0 Å². The monoisotopic (exact) mass is 373 g/mol. The fourth-order valence-electron chi connectivity index (χ4n) is 2.33. The first kappa shape index (κ1) is 15.6. The molecule has 0 aliphatic heterocycles. The van der Waals surface area contributed by atoms with E-state index in [4.69, 9.17) is 11.6 Å². The lowest BCUT2D eigenvalue weighted by Crippen LogP contribution is -1.94. The molecule has 0 unspecified atom stereocenters. The highest BCUT2D eigenvalue weighted by molar-refractivity contribution is 7.99. The van der Waals surface area contributed by atoms with Crippen molar-refractivity contribution in [3.8, 4) is 11.1 Å². The van der Waals surface area contributed by atoms with Crippen molar-refractivity contribution in [3.05, 3.63) is 46.8 Å². The number of nitrogens with zero attached hydrogens (tertiary/aromatic N) is 5. The maximum absolute atomic E-state index is 6.01. The molecule has 0 fully saturated rings. The largest absolute Gasteiger partial charge is 0.309 e. The molecule has 0 saturated carbocycles. The van der Waals surface area contributed by atoms with Crippen LogP contribution < -0.4 is 0 Å². The third-order valence-electron chi connectivity index (χ3n) is 3.73. The van der Waals surface area contributed by atoms with Crippen LogP contribution in [0.2, 0.25) is 5.02 Å². The molecule has 0 N–H and O–H groups in total. The number of aryl methyl sites for hydroxylation is 1. The Morgan fingerprint density at radius 3 is 2.62 bits per heavy atom. The van der Waals surface area contributed by atoms with E-state index in [2.05, 4.69) is 25.5 Å². The zero-order chi connectivity index (χ0) is 16.7. The smallest absolute Gasteiger partial charge is 0.197 e. The van der Waals surface area contributed by atoms with Crippen LogP contribution in [0.15, 0.2) is 46.2 Å². The molecular formula is C16H12ClN5S2. The predicted octanol–water partition coefficient (Wildman–Crippen LogP) is 4.60. The van der Waals surface area contributed by atoms with Gasteiger partial charge in [-0.05, 0) is 36.4 Å². The molecule has 0 spiro atoms. The van der Waals surface area contributed by atoms with Crippen LogP contribution in [0.25, 0.3) is 21.3 Å². The topological polar surface area (TPSA) is 56.5 Å². The highest BCUT2D eigenvalue weighted by Gasteiger charge is 2.16. The van der Waals surface area contributed by atoms with Crippen LogP contribution in [0.1, 0.15) is 5.82 Å². The quantitative estimate of drug-likeness (QED) is 0.491. The van der Waals surface area contributed by atoms with Gasteiger partial charge in [0.1, 0.15) is 22.0 Å². The molecule has 0 bridgehead atoms. The lowest BCUT2D eigenvalue weighted by Gasteiger charge is -2.05. The lowest BCUT2D eigenvalue weighted by atomic mass is 10.1. The predicted molar refractivity (Wildman–Crippen MR) is 97.7 cm³/mol. The number of hydrogen-bond acceptors (Lipinski definition) is 6. The Balaban J connectivity index is 1.85. The van der Waals surface area contributed by atoms with E-state index in [1.807, 2.05) is 42.8 Å². The molecule has 0 aliphatic carbocycles. The molecule has 5 nitrogen and oxygen atoms in total. The molecule has 0 saturated heterocycles. The summed E-state index contributed by atoms with van der Waals surface area (Å²) in [4.78, 5) is 9.83. The normalized spacial score (nSPS) is 11.3. The van der Waals surface area contributed by atoms with Gasteiger partial charge in [-0.3, -0.25) is 0 Å². The fraction of sp³-hybridized carbons (Fsp3) is 0.125. The fourth-order valence-corrected chi connectivity index (χ4v) is 4.37. The first-order valence-electron chi connectivity index (χ1n) is 7.15. The minimum Gasteiger partial charge on any atom is -0.309 e. The van der Waals surface area contributed by atoms with Crippen LogP contribution >= 0.6 is 34.7 Å². The average Bonchev–Trinajstić information content (AvgIpc) is 3.15. The van der Waals surface area contributed by atoms with Gasteiger partial charge in [-0.2, -0.15) is 0 Å². The number of halogens is 1. The van der Waals surface area contributed by atoms with Crippen LogP contribution in [-0.4, -0.2) is 24.7 Å². The summed E-state index contributed by atoms with van der Waals surface area (Å²) in [5, 5.41) is 13.9. The zero-order valence-electron chi connectivity index (χ0n) is 12.9. The van der Waals surface area contributed by atoms with Gasteiger partial charge in [0.15, 0.2) is 5.16 Å². The number of rotatable bonds is 3. The van der Waals surface area contributed by atoms with Gasteiger partial charge in [0.05, 0.1) is 5.39 Å². The number of aromatic nitrogens is 5. The Kier molecular flexibility index (Phi) is 3.99. The Morgan fingerprint density at radius 1 is 1.12 bits per heavy atom. The lowest BCUT2D eigenvalue weighted by molar-refractivity contribution is 0.765. The van der Waals surface area contributed by atoms with E-state index in [9.17, 15) is 0 Å². The molecule has 0 amide bonds. The second kappa shape index (κ2) is 6.16. The maximum Gasteiger partial charge on any atom is 0.197 e. The molecule has 3 aromatic heterocycles. The Labute approximate surface area is 151 Å². The minimum atomic E-state index is 0.721. The highest BCUT2D eigenvalue weighted by atomic mass is 35.5. The molecule has 8 heteroatoms. The van der Waals surface area contributed by atoms with Gasteiger partial charge in [-0.25, -0.2) is 9.97 Å². The van der Waals surface area contributed by atoms with E-state index in [-0.39, 0.29) is 0 Å². The Bertz CT molecular complexity index is 1020. The molecular weight excluding hydrogens is 362 g/mol. The first-order chi connectivity index (χ1) is 11.6. The van der Waals surface area contributed by atoms with E-state index in [1.165, 1.54) is 11.8 Å². The molecule has 0 atom stereocenters. The van der Waals surface area contributed by atoms with Gasteiger partial charge in [-0.1, -0.05) is 23.7 Å².